The number of nitrogens with zero attached hydrogens (tertiary/aromatic N) is 1. The van der Waals surface area contributed by atoms with Crippen molar-refractivity contribution in [3.05, 3.63) is 40.4 Å². The summed E-state index contributed by atoms with van der Waals surface area (Å²) in [6.45, 7) is 10.5. The molecule has 0 saturated heterocycles. The number of aryl methyl sites for hydroxylation is 1. The maximum absolute atomic E-state index is 13.2. The van der Waals surface area contributed by atoms with E-state index in [4.69, 9.17) is 15.2 Å². The molecule has 0 bridgehead atoms. The van der Waals surface area contributed by atoms with Gasteiger partial charge in [-0.05, 0) is 51.5 Å². The molecular weight excluding hydrogens is 328 g/mol. The maximum Gasteiger partial charge on any atom is 0.297 e. The fourth-order valence-corrected chi connectivity index (χ4v) is 2.86. The highest BCUT2D eigenvalue weighted by molar-refractivity contribution is 5.90. The van der Waals surface area contributed by atoms with Gasteiger partial charge in [-0.2, -0.15) is 0 Å². The predicted molar refractivity (Wildman–Crippen MR) is 108 cm³/mol. The van der Waals surface area contributed by atoms with E-state index >= 15 is 0 Å². The molecule has 5 nitrogen and oxygen atoms in total. The Morgan fingerprint density at radius 3 is 2.58 bits per heavy atom. The third kappa shape index (κ3) is 4.21. The summed E-state index contributed by atoms with van der Waals surface area (Å²) in [5, 5.41) is 0.832. The third-order valence-electron chi connectivity index (χ3n) is 4.20. The Kier molecular flexibility index (Phi) is 6.72. The first kappa shape index (κ1) is 19.9. The van der Waals surface area contributed by atoms with Gasteiger partial charge >= 0.3 is 0 Å². The van der Waals surface area contributed by atoms with Crippen LogP contribution in [0.3, 0.4) is 0 Å². The van der Waals surface area contributed by atoms with Crippen molar-refractivity contribution in [2.24, 2.45) is 0 Å². The van der Waals surface area contributed by atoms with Gasteiger partial charge in [-0.3, -0.25) is 4.79 Å². The summed E-state index contributed by atoms with van der Waals surface area (Å²) in [5.74, 6) is 1.53. The molecule has 2 N–H and O–H groups in total. The van der Waals surface area contributed by atoms with E-state index in [1.807, 2.05) is 52.0 Å². The van der Waals surface area contributed by atoms with Gasteiger partial charge in [0.25, 0.3) is 5.56 Å². The van der Waals surface area contributed by atoms with E-state index in [-0.39, 0.29) is 17.4 Å². The van der Waals surface area contributed by atoms with E-state index in [1.165, 1.54) is 0 Å². The van der Waals surface area contributed by atoms with Gasteiger partial charge in [0.15, 0.2) is 5.75 Å². The van der Waals surface area contributed by atoms with Crippen LogP contribution in [-0.2, 0) is 6.54 Å². The topological polar surface area (TPSA) is 66.5 Å². The lowest BCUT2D eigenvalue weighted by atomic mass is 10.1. The largest absolute Gasteiger partial charge is 0.482 e. The van der Waals surface area contributed by atoms with Gasteiger partial charge in [0, 0.05) is 24.0 Å². The second kappa shape index (κ2) is 8.79. The van der Waals surface area contributed by atoms with E-state index < -0.39 is 0 Å². The quantitative estimate of drug-likeness (QED) is 0.540. The van der Waals surface area contributed by atoms with Crippen molar-refractivity contribution in [1.82, 2.24) is 4.57 Å². The summed E-state index contributed by atoms with van der Waals surface area (Å²) in [6, 6.07) is 5.56. The molecule has 2 rings (SSSR count). The average molecular weight is 358 g/mol. The molecule has 0 radical (unpaired) electrons. The van der Waals surface area contributed by atoms with Crippen LogP contribution in [0.25, 0.3) is 10.9 Å². The second-order valence-electron chi connectivity index (χ2n) is 6.62. The first-order chi connectivity index (χ1) is 12.4. The van der Waals surface area contributed by atoms with Crippen LogP contribution < -0.4 is 20.8 Å². The van der Waals surface area contributed by atoms with E-state index in [0.717, 1.165) is 35.9 Å². The Morgan fingerprint density at radius 2 is 2.00 bits per heavy atom. The summed E-state index contributed by atoms with van der Waals surface area (Å²) in [4.78, 5) is 13.2. The SMILES string of the molecule is CC=C(CC)Oc1c(OC(C)C)c(=O)n(CCCC)c2cc(N)ccc12. The van der Waals surface area contributed by atoms with Crippen molar-refractivity contribution < 1.29 is 9.47 Å². The van der Waals surface area contributed by atoms with Crippen molar-refractivity contribution in [2.75, 3.05) is 5.73 Å². The molecule has 0 fully saturated rings. The van der Waals surface area contributed by atoms with Crippen LogP contribution >= 0.6 is 0 Å². The zero-order chi connectivity index (χ0) is 19.3. The zero-order valence-electron chi connectivity index (χ0n) is 16.5. The number of allylic oxidation sites excluding steroid dienone is 2. The maximum atomic E-state index is 13.2. The van der Waals surface area contributed by atoms with Gasteiger partial charge in [-0.25, -0.2) is 0 Å². The van der Waals surface area contributed by atoms with Crippen LogP contribution in [0.4, 0.5) is 5.69 Å². The minimum atomic E-state index is -0.174. The molecule has 0 aliphatic heterocycles. The molecule has 0 atom stereocenters. The lowest BCUT2D eigenvalue weighted by Crippen LogP contribution is -2.25. The highest BCUT2D eigenvalue weighted by atomic mass is 16.5. The van der Waals surface area contributed by atoms with Crippen LogP contribution in [0.1, 0.15) is 53.9 Å². The molecule has 5 heteroatoms. The lowest BCUT2D eigenvalue weighted by Gasteiger charge is -2.20. The Bertz CT molecular complexity index is 850. The molecule has 142 valence electrons. The molecule has 2 aromatic rings. The highest BCUT2D eigenvalue weighted by Crippen LogP contribution is 2.36. The highest BCUT2D eigenvalue weighted by Gasteiger charge is 2.21. The Morgan fingerprint density at radius 1 is 1.27 bits per heavy atom. The van der Waals surface area contributed by atoms with Gasteiger partial charge in [-0.15, -0.1) is 0 Å². The van der Waals surface area contributed by atoms with Crippen LogP contribution in [-0.4, -0.2) is 10.7 Å². The van der Waals surface area contributed by atoms with E-state index in [1.54, 1.807) is 4.57 Å². The van der Waals surface area contributed by atoms with Crippen molar-refractivity contribution in [1.29, 1.82) is 0 Å². The summed E-state index contributed by atoms with van der Waals surface area (Å²) in [7, 11) is 0. The number of rotatable bonds is 8. The monoisotopic (exact) mass is 358 g/mol. The normalized spacial score (nSPS) is 12.0. The van der Waals surface area contributed by atoms with Crippen molar-refractivity contribution >= 4 is 16.6 Å². The average Bonchev–Trinajstić information content (AvgIpc) is 2.61. The number of hydrogen-bond donors (Lipinski definition) is 1. The number of fused-ring (bicyclic) bond motifs is 1. The fraction of sp³-hybridized carbons (Fsp3) is 0.476. The summed E-state index contributed by atoms with van der Waals surface area (Å²) in [6.07, 6.45) is 4.40. The first-order valence-corrected chi connectivity index (χ1v) is 9.38. The molecule has 26 heavy (non-hydrogen) atoms. The smallest absolute Gasteiger partial charge is 0.297 e. The third-order valence-corrected chi connectivity index (χ3v) is 4.20. The van der Waals surface area contributed by atoms with E-state index in [9.17, 15) is 4.79 Å². The standard InChI is InChI=1S/C21H30N2O3/c1-6-9-12-23-18-13-15(22)10-11-17(18)19(26-16(7-2)8-3)20(21(23)24)25-14(4)5/h7,10-11,13-14H,6,8-9,12,22H2,1-5H3. The Labute approximate surface area is 155 Å². The number of benzene rings is 1. The summed E-state index contributed by atoms with van der Waals surface area (Å²) >= 11 is 0. The molecule has 1 aromatic heterocycles. The lowest BCUT2D eigenvalue weighted by molar-refractivity contribution is 0.226. The molecule has 1 aromatic carbocycles. The van der Waals surface area contributed by atoms with E-state index in [0.29, 0.717) is 18.0 Å². The van der Waals surface area contributed by atoms with Crippen LogP contribution in [0.15, 0.2) is 34.8 Å². The molecule has 0 unspecified atom stereocenters. The number of pyridine rings is 1. The predicted octanol–water partition coefficient (Wildman–Crippen LogP) is 4.86. The van der Waals surface area contributed by atoms with Gasteiger partial charge in [-0.1, -0.05) is 20.3 Å². The number of hydrogen-bond acceptors (Lipinski definition) is 4. The second-order valence-corrected chi connectivity index (χ2v) is 6.62. The Hall–Kier alpha value is -2.43. The summed E-state index contributed by atoms with van der Waals surface area (Å²) in [5.41, 5.74) is 7.22. The molecule has 0 amide bonds. The first-order valence-electron chi connectivity index (χ1n) is 9.38. The minimum absolute atomic E-state index is 0.133. The number of aromatic nitrogens is 1. The zero-order valence-corrected chi connectivity index (χ0v) is 16.5. The van der Waals surface area contributed by atoms with E-state index in [2.05, 4.69) is 6.92 Å². The summed E-state index contributed by atoms with van der Waals surface area (Å²) < 4.78 is 13.8. The number of anilines is 1. The molecule has 0 spiro atoms. The Balaban J connectivity index is 2.82. The van der Waals surface area contributed by atoms with Crippen LogP contribution in [0.5, 0.6) is 11.5 Å². The van der Waals surface area contributed by atoms with Crippen LogP contribution in [0, 0.1) is 0 Å². The van der Waals surface area contributed by atoms with Crippen molar-refractivity contribution in [3.63, 3.8) is 0 Å². The number of nitrogen functional groups attached to an aromatic ring is 1. The number of unbranched alkanes of at least 4 members (excludes halogenated alkanes) is 1. The van der Waals surface area contributed by atoms with Gasteiger partial charge in [0.05, 0.1) is 17.4 Å². The van der Waals surface area contributed by atoms with Crippen molar-refractivity contribution in [3.8, 4) is 11.5 Å². The molecule has 1 heterocycles. The van der Waals surface area contributed by atoms with Crippen molar-refractivity contribution in [2.45, 2.75) is 66.5 Å². The van der Waals surface area contributed by atoms with Gasteiger partial charge in [0.1, 0.15) is 0 Å². The van der Waals surface area contributed by atoms with Gasteiger partial charge in [0.2, 0.25) is 5.75 Å². The molecule has 0 aliphatic rings. The number of nitrogens with two attached hydrogens (primary N) is 1. The molecular formula is C21H30N2O3. The molecule has 0 saturated carbocycles. The van der Waals surface area contributed by atoms with Gasteiger partial charge < -0.3 is 19.8 Å². The fourth-order valence-electron chi connectivity index (χ4n) is 2.86. The number of ether oxygens (including phenoxy) is 2. The molecule has 0 aliphatic carbocycles. The van der Waals surface area contributed by atoms with Crippen LogP contribution in [0.2, 0.25) is 0 Å². The minimum Gasteiger partial charge on any atom is -0.482 e.